The average Bonchev–Trinajstić information content (AvgIpc) is 2.99. The van der Waals surface area contributed by atoms with Crippen molar-refractivity contribution < 1.29 is 14.6 Å². The number of benzene rings is 1. The van der Waals surface area contributed by atoms with Crippen LogP contribution in [0.25, 0.3) is 5.69 Å². The second kappa shape index (κ2) is 7.26. The lowest BCUT2D eigenvalue weighted by Crippen LogP contribution is -2.10. The van der Waals surface area contributed by atoms with Gasteiger partial charge in [0.05, 0.1) is 26.5 Å². The van der Waals surface area contributed by atoms with Crippen LogP contribution >= 0.6 is 0 Å². The number of hydrogen-bond acceptors (Lipinski definition) is 5. The van der Waals surface area contributed by atoms with E-state index in [4.69, 9.17) is 9.47 Å². The Morgan fingerprint density at radius 3 is 2.45 bits per heavy atom. The molecule has 0 saturated heterocycles. The third-order valence-corrected chi connectivity index (χ3v) is 3.92. The second-order valence-corrected chi connectivity index (χ2v) is 5.04. The van der Waals surface area contributed by atoms with E-state index in [9.17, 15) is 5.11 Å². The van der Waals surface area contributed by atoms with Crippen molar-refractivity contribution in [1.29, 1.82) is 0 Å². The van der Waals surface area contributed by atoms with Crippen molar-refractivity contribution in [1.82, 2.24) is 15.0 Å². The van der Waals surface area contributed by atoms with E-state index in [0.717, 1.165) is 24.2 Å². The van der Waals surface area contributed by atoms with Crippen molar-refractivity contribution in [2.75, 3.05) is 14.2 Å². The van der Waals surface area contributed by atoms with Gasteiger partial charge in [0.1, 0.15) is 22.9 Å². The first-order valence-electron chi connectivity index (χ1n) is 7.47. The summed E-state index contributed by atoms with van der Waals surface area (Å²) in [5.41, 5.74) is 2.30. The number of rotatable bonds is 7. The predicted molar refractivity (Wildman–Crippen MR) is 83.7 cm³/mol. The highest BCUT2D eigenvalue weighted by molar-refractivity contribution is 5.52. The molecule has 0 spiro atoms. The second-order valence-electron chi connectivity index (χ2n) is 5.04. The molecule has 1 heterocycles. The fourth-order valence-corrected chi connectivity index (χ4v) is 2.66. The molecule has 0 aliphatic heterocycles. The van der Waals surface area contributed by atoms with E-state index in [0.29, 0.717) is 17.2 Å². The number of methoxy groups -OCH3 is 2. The van der Waals surface area contributed by atoms with Gasteiger partial charge in [-0.05, 0) is 25.0 Å². The largest absolute Gasteiger partial charge is 0.497 e. The first-order valence-corrected chi connectivity index (χ1v) is 7.47. The van der Waals surface area contributed by atoms with Gasteiger partial charge in [0.25, 0.3) is 0 Å². The Bertz CT molecular complexity index is 621. The van der Waals surface area contributed by atoms with Crippen molar-refractivity contribution >= 4 is 0 Å². The molecular formula is C16H23N3O3. The average molecular weight is 305 g/mol. The molecule has 2 rings (SSSR count). The third kappa shape index (κ3) is 2.92. The van der Waals surface area contributed by atoms with Crippen LogP contribution in [0, 0.1) is 0 Å². The summed E-state index contributed by atoms with van der Waals surface area (Å²) >= 11 is 0. The fourth-order valence-electron chi connectivity index (χ4n) is 2.66. The number of hydrogen-bond donors (Lipinski definition) is 1. The molecule has 6 nitrogen and oxygen atoms in total. The van der Waals surface area contributed by atoms with Gasteiger partial charge >= 0.3 is 0 Å². The lowest BCUT2D eigenvalue weighted by Gasteiger charge is -2.17. The predicted octanol–water partition coefficient (Wildman–Crippen LogP) is 2.68. The topological polar surface area (TPSA) is 69.4 Å². The zero-order valence-corrected chi connectivity index (χ0v) is 13.5. The summed E-state index contributed by atoms with van der Waals surface area (Å²) in [4.78, 5) is 0. The van der Waals surface area contributed by atoms with E-state index in [1.165, 1.54) is 0 Å². The molecular weight excluding hydrogens is 282 g/mol. The van der Waals surface area contributed by atoms with Crippen LogP contribution in [0.15, 0.2) is 18.2 Å². The summed E-state index contributed by atoms with van der Waals surface area (Å²) in [6.45, 7) is 4.11. The summed E-state index contributed by atoms with van der Waals surface area (Å²) in [7, 11) is 3.24. The summed E-state index contributed by atoms with van der Waals surface area (Å²) in [5.74, 6) is 1.67. The molecule has 6 heteroatoms. The number of aromatic nitrogens is 3. The van der Waals surface area contributed by atoms with Gasteiger partial charge in [0.2, 0.25) is 0 Å². The molecule has 1 N–H and O–H groups in total. The van der Waals surface area contributed by atoms with E-state index in [2.05, 4.69) is 24.2 Å². The van der Waals surface area contributed by atoms with Crippen molar-refractivity contribution in [2.24, 2.45) is 0 Å². The number of aliphatic hydroxyl groups excluding tert-OH is 1. The van der Waals surface area contributed by atoms with Gasteiger partial charge < -0.3 is 14.6 Å². The molecule has 0 aliphatic carbocycles. The highest BCUT2D eigenvalue weighted by Crippen LogP contribution is 2.32. The Labute approximate surface area is 130 Å². The molecule has 0 bridgehead atoms. The maximum Gasteiger partial charge on any atom is 0.144 e. The van der Waals surface area contributed by atoms with Gasteiger partial charge in [-0.3, -0.25) is 0 Å². The maximum absolute atomic E-state index is 9.57. The smallest absolute Gasteiger partial charge is 0.144 e. The Hall–Kier alpha value is -2.08. The van der Waals surface area contributed by atoms with Gasteiger partial charge in [0, 0.05) is 12.0 Å². The van der Waals surface area contributed by atoms with E-state index < -0.39 is 0 Å². The number of ether oxygens (including phenoxy) is 2. The standard InChI is InChI=1S/C16H23N3O3/c1-5-11(6-2)16-13(10-20)17-18-19(16)14-9-12(21-3)7-8-15(14)22-4/h7-9,11,20H,5-6,10H2,1-4H3. The van der Waals surface area contributed by atoms with Crippen LogP contribution in [0.5, 0.6) is 11.5 Å². The molecule has 0 amide bonds. The molecule has 0 fully saturated rings. The molecule has 2 aromatic rings. The van der Waals surface area contributed by atoms with E-state index in [-0.39, 0.29) is 12.5 Å². The van der Waals surface area contributed by atoms with Crippen LogP contribution in [0.4, 0.5) is 0 Å². The summed E-state index contributed by atoms with van der Waals surface area (Å²) in [6, 6.07) is 5.54. The SMILES string of the molecule is CCC(CC)c1c(CO)nnn1-c1cc(OC)ccc1OC. The van der Waals surface area contributed by atoms with E-state index in [1.807, 2.05) is 18.2 Å². The zero-order valence-electron chi connectivity index (χ0n) is 13.5. The summed E-state index contributed by atoms with van der Waals surface area (Å²) in [5, 5.41) is 17.9. The molecule has 0 aliphatic rings. The van der Waals surface area contributed by atoms with Gasteiger partial charge in [-0.15, -0.1) is 5.10 Å². The monoisotopic (exact) mass is 305 g/mol. The van der Waals surface area contributed by atoms with Crippen LogP contribution in [-0.2, 0) is 6.61 Å². The lowest BCUT2D eigenvalue weighted by atomic mass is 9.97. The van der Waals surface area contributed by atoms with Gasteiger partial charge in [0.15, 0.2) is 0 Å². The zero-order chi connectivity index (χ0) is 16.1. The van der Waals surface area contributed by atoms with Gasteiger partial charge in [-0.25, -0.2) is 4.68 Å². The quantitative estimate of drug-likeness (QED) is 0.851. The molecule has 0 saturated carbocycles. The Morgan fingerprint density at radius 1 is 1.18 bits per heavy atom. The maximum atomic E-state index is 9.57. The highest BCUT2D eigenvalue weighted by Gasteiger charge is 2.22. The molecule has 1 aromatic carbocycles. The minimum absolute atomic E-state index is 0.127. The van der Waals surface area contributed by atoms with E-state index in [1.54, 1.807) is 18.9 Å². The van der Waals surface area contributed by atoms with Crippen LogP contribution in [0.1, 0.15) is 44.0 Å². The Kier molecular flexibility index (Phi) is 5.38. The van der Waals surface area contributed by atoms with Crippen molar-refractivity contribution in [3.8, 4) is 17.2 Å². The van der Waals surface area contributed by atoms with Crippen LogP contribution in [-0.4, -0.2) is 34.3 Å². The Morgan fingerprint density at radius 2 is 1.91 bits per heavy atom. The minimum Gasteiger partial charge on any atom is -0.497 e. The van der Waals surface area contributed by atoms with Gasteiger partial charge in [-0.1, -0.05) is 19.1 Å². The van der Waals surface area contributed by atoms with Crippen molar-refractivity contribution in [2.45, 2.75) is 39.2 Å². The third-order valence-electron chi connectivity index (χ3n) is 3.92. The molecule has 0 unspecified atom stereocenters. The van der Waals surface area contributed by atoms with Crippen LogP contribution < -0.4 is 9.47 Å². The van der Waals surface area contributed by atoms with Gasteiger partial charge in [-0.2, -0.15) is 0 Å². The summed E-state index contributed by atoms with van der Waals surface area (Å²) < 4.78 is 12.5. The molecule has 1 aromatic heterocycles. The van der Waals surface area contributed by atoms with E-state index >= 15 is 0 Å². The normalized spacial score (nSPS) is 11.0. The lowest BCUT2D eigenvalue weighted by molar-refractivity contribution is 0.274. The highest BCUT2D eigenvalue weighted by atomic mass is 16.5. The van der Waals surface area contributed by atoms with Crippen molar-refractivity contribution in [3.05, 3.63) is 29.6 Å². The van der Waals surface area contributed by atoms with Crippen LogP contribution in [0.2, 0.25) is 0 Å². The first-order chi connectivity index (χ1) is 10.7. The first kappa shape index (κ1) is 16.3. The number of nitrogens with zero attached hydrogens (tertiary/aromatic N) is 3. The fraction of sp³-hybridized carbons (Fsp3) is 0.500. The molecule has 120 valence electrons. The summed E-state index contributed by atoms with van der Waals surface area (Å²) in [6.07, 6.45) is 1.90. The molecule has 0 radical (unpaired) electrons. The molecule has 0 atom stereocenters. The van der Waals surface area contributed by atoms with Crippen LogP contribution in [0.3, 0.4) is 0 Å². The Balaban J connectivity index is 2.64. The minimum atomic E-state index is -0.127. The molecule has 22 heavy (non-hydrogen) atoms. The number of aliphatic hydroxyl groups is 1. The van der Waals surface area contributed by atoms with Crippen molar-refractivity contribution in [3.63, 3.8) is 0 Å².